The number of urea groups is 1. The molecule has 0 N–H and O–H groups in total. The maximum absolute atomic E-state index is 12.5. The Hall–Kier alpha value is -1.63. The molecule has 3 amide bonds. The van der Waals surface area contributed by atoms with Crippen molar-refractivity contribution in [2.45, 2.75) is 19.3 Å². The molecule has 0 atom stereocenters. The van der Waals surface area contributed by atoms with Crippen LogP contribution in [-0.2, 0) is 0 Å². The minimum Gasteiger partial charge on any atom is -0.335 e. The van der Waals surface area contributed by atoms with Gasteiger partial charge in [0.25, 0.3) is 5.91 Å². The highest BCUT2D eigenvalue weighted by Gasteiger charge is 2.28. The smallest absolute Gasteiger partial charge is 0.320 e. The summed E-state index contributed by atoms with van der Waals surface area (Å²) in [4.78, 5) is 34.6. The molecule has 0 spiro atoms. The Morgan fingerprint density at radius 2 is 1.48 bits per heavy atom. The molecular weight excluding hydrogens is 360 g/mol. The molecule has 0 saturated carbocycles. The molecule has 0 aliphatic carbocycles. The third-order valence-electron chi connectivity index (χ3n) is 4.42. The second-order valence-corrected chi connectivity index (χ2v) is 6.92. The van der Waals surface area contributed by atoms with Gasteiger partial charge in [0.15, 0.2) is 0 Å². The van der Waals surface area contributed by atoms with Gasteiger partial charge < -0.3 is 14.7 Å². The van der Waals surface area contributed by atoms with Crippen molar-refractivity contribution in [2.24, 2.45) is 0 Å². The summed E-state index contributed by atoms with van der Waals surface area (Å²) in [5.41, 5.74) is 0.579. The second kappa shape index (κ2) is 7.29. The van der Waals surface area contributed by atoms with Gasteiger partial charge in [-0.25, -0.2) is 4.79 Å². The van der Waals surface area contributed by atoms with Crippen LogP contribution >= 0.6 is 15.9 Å². The fourth-order valence-electron chi connectivity index (χ4n) is 3.10. The maximum atomic E-state index is 12.5. The first-order valence-electron chi connectivity index (χ1n) is 8.09. The standard InChI is InChI=1S/C16H21BrN4O2/c17-14-10-13(11-18-12-14)15(22)19-6-8-21(9-7-19)16(23)20-4-2-1-3-5-20/h10-12H,1-9H2. The van der Waals surface area contributed by atoms with Gasteiger partial charge in [-0.3, -0.25) is 9.78 Å². The van der Waals surface area contributed by atoms with Crippen LogP contribution in [0, 0.1) is 0 Å². The Bertz CT molecular complexity index is 581. The SMILES string of the molecule is O=C(c1cncc(Br)c1)N1CCN(C(=O)N2CCCCC2)CC1. The lowest BCUT2D eigenvalue weighted by molar-refractivity contribution is 0.0632. The highest BCUT2D eigenvalue weighted by atomic mass is 79.9. The van der Waals surface area contributed by atoms with E-state index in [0.29, 0.717) is 31.7 Å². The molecule has 2 saturated heterocycles. The molecule has 1 aromatic rings. The van der Waals surface area contributed by atoms with Crippen molar-refractivity contribution < 1.29 is 9.59 Å². The van der Waals surface area contributed by atoms with E-state index < -0.39 is 0 Å². The van der Waals surface area contributed by atoms with Gasteiger partial charge in [-0.2, -0.15) is 0 Å². The summed E-state index contributed by atoms with van der Waals surface area (Å²) in [6.07, 6.45) is 6.65. The zero-order valence-corrected chi connectivity index (χ0v) is 14.7. The van der Waals surface area contributed by atoms with Gasteiger partial charge in [-0.05, 0) is 41.3 Å². The average molecular weight is 381 g/mol. The number of carbonyl (C=O) groups excluding carboxylic acids is 2. The lowest BCUT2D eigenvalue weighted by atomic mass is 10.1. The van der Waals surface area contributed by atoms with Crippen LogP contribution in [0.4, 0.5) is 4.79 Å². The third kappa shape index (κ3) is 3.83. The number of amides is 3. The molecule has 0 aromatic carbocycles. The van der Waals surface area contributed by atoms with Crippen molar-refractivity contribution in [1.29, 1.82) is 0 Å². The molecule has 6 nitrogen and oxygen atoms in total. The minimum atomic E-state index is -0.0242. The van der Waals surface area contributed by atoms with Crippen molar-refractivity contribution in [2.75, 3.05) is 39.3 Å². The van der Waals surface area contributed by atoms with Crippen molar-refractivity contribution in [1.82, 2.24) is 19.7 Å². The summed E-state index contributed by atoms with van der Waals surface area (Å²) in [7, 11) is 0. The number of hydrogen-bond acceptors (Lipinski definition) is 3. The van der Waals surface area contributed by atoms with Crippen LogP contribution in [0.1, 0.15) is 29.6 Å². The largest absolute Gasteiger partial charge is 0.335 e. The van der Waals surface area contributed by atoms with Crippen LogP contribution in [0.3, 0.4) is 0 Å². The van der Waals surface area contributed by atoms with E-state index in [2.05, 4.69) is 20.9 Å². The van der Waals surface area contributed by atoms with Gasteiger partial charge in [0.2, 0.25) is 0 Å². The molecule has 2 aliphatic rings. The summed E-state index contributed by atoms with van der Waals surface area (Å²) in [5.74, 6) is -0.0242. The number of aromatic nitrogens is 1. The van der Waals surface area contributed by atoms with E-state index in [1.165, 1.54) is 6.42 Å². The summed E-state index contributed by atoms with van der Waals surface area (Å²) < 4.78 is 0.794. The highest BCUT2D eigenvalue weighted by molar-refractivity contribution is 9.10. The fourth-order valence-corrected chi connectivity index (χ4v) is 3.46. The Morgan fingerprint density at radius 3 is 2.13 bits per heavy atom. The van der Waals surface area contributed by atoms with Gasteiger partial charge in [0.05, 0.1) is 5.56 Å². The highest BCUT2D eigenvalue weighted by Crippen LogP contribution is 2.15. The first kappa shape index (κ1) is 16.2. The molecule has 0 unspecified atom stereocenters. The van der Waals surface area contributed by atoms with Gasteiger partial charge in [0, 0.05) is 56.1 Å². The predicted octanol–water partition coefficient (Wildman–Crippen LogP) is 2.21. The topological polar surface area (TPSA) is 56.8 Å². The van der Waals surface area contributed by atoms with E-state index in [4.69, 9.17) is 0 Å². The third-order valence-corrected chi connectivity index (χ3v) is 4.85. The lowest BCUT2D eigenvalue weighted by Crippen LogP contribution is -2.54. The van der Waals surface area contributed by atoms with E-state index in [-0.39, 0.29) is 11.9 Å². The Kier molecular flexibility index (Phi) is 5.15. The number of carbonyl (C=O) groups is 2. The molecule has 23 heavy (non-hydrogen) atoms. The number of halogens is 1. The van der Waals surface area contributed by atoms with Gasteiger partial charge in [-0.15, -0.1) is 0 Å². The van der Waals surface area contributed by atoms with Crippen LogP contribution in [0.5, 0.6) is 0 Å². The summed E-state index contributed by atoms with van der Waals surface area (Å²) in [6.45, 7) is 4.07. The summed E-state index contributed by atoms with van der Waals surface area (Å²) in [5, 5.41) is 0. The number of likely N-dealkylation sites (tertiary alicyclic amines) is 1. The van der Waals surface area contributed by atoms with Crippen LogP contribution in [0.2, 0.25) is 0 Å². The first-order chi connectivity index (χ1) is 11.1. The van der Waals surface area contributed by atoms with E-state index in [9.17, 15) is 9.59 Å². The molecule has 7 heteroatoms. The Labute approximate surface area is 144 Å². The summed E-state index contributed by atoms with van der Waals surface area (Å²) in [6, 6.07) is 1.90. The molecule has 2 fully saturated rings. The van der Waals surface area contributed by atoms with Gasteiger partial charge >= 0.3 is 6.03 Å². The van der Waals surface area contributed by atoms with Crippen LogP contribution in [0.15, 0.2) is 22.9 Å². The summed E-state index contributed by atoms with van der Waals surface area (Å²) >= 11 is 3.34. The second-order valence-electron chi connectivity index (χ2n) is 6.00. The first-order valence-corrected chi connectivity index (χ1v) is 8.88. The van der Waals surface area contributed by atoms with Gasteiger partial charge in [-0.1, -0.05) is 0 Å². The number of piperazine rings is 1. The van der Waals surface area contributed by atoms with Crippen LogP contribution in [-0.4, -0.2) is 70.9 Å². The number of rotatable bonds is 1. The van der Waals surface area contributed by atoms with Crippen molar-refractivity contribution >= 4 is 27.9 Å². The maximum Gasteiger partial charge on any atom is 0.320 e. The number of pyridine rings is 1. The number of piperidine rings is 1. The molecule has 0 bridgehead atoms. The average Bonchev–Trinajstić information content (AvgIpc) is 2.61. The zero-order chi connectivity index (χ0) is 16.2. The Balaban J connectivity index is 1.55. The Morgan fingerprint density at radius 1 is 0.870 bits per heavy atom. The quantitative estimate of drug-likeness (QED) is 0.750. The van der Waals surface area contributed by atoms with Crippen molar-refractivity contribution in [3.05, 3.63) is 28.5 Å². The normalized spacial score (nSPS) is 18.9. The molecule has 124 valence electrons. The lowest BCUT2D eigenvalue weighted by Gasteiger charge is -2.38. The van der Waals surface area contributed by atoms with E-state index in [0.717, 1.165) is 30.4 Å². The van der Waals surface area contributed by atoms with E-state index in [1.807, 2.05) is 9.80 Å². The van der Waals surface area contributed by atoms with Gasteiger partial charge in [0.1, 0.15) is 0 Å². The molecule has 2 aliphatic heterocycles. The minimum absolute atomic E-state index is 0.0242. The molecular formula is C16H21BrN4O2. The van der Waals surface area contributed by atoms with E-state index in [1.54, 1.807) is 23.4 Å². The van der Waals surface area contributed by atoms with Crippen molar-refractivity contribution in [3.63, 3.8) is 0 Å². The van der Waals surface area contributed by atoms with Crippen molar-refractivity contribution in [3.8, 4) is 0 Å². The fraction of sp³-hybridized carbons (Fsp3) is 0.562. The van der Waals surface area contributed by atoms with Crippen LogP contribution < -0.4 is 0 Å². The van der Waals surface area contributed by atoms with Crippen LogP contribution in [0.25, 0.3) is 0 Å². The molecule has 3 heterocycles. The molecule has 0 radical (unpaired) electrons. The van der Waals surface area contributed by atoms with E-state index >= 15 is 0 Å². The predicted molar refractivity (Wildman–Crippen MR) is 90.2 cm³/mol. The monoisotopic (exact) mass is 380 g/mol. The number of nitrogens with zero attached hydrogens (tertiary/aromatic N) is 4. The number of hydrogen-bond donors (Lipinski definition) is 0. The molecule has 3 rings (SSSR count). The molecule has 1 aromatic heterocycles. The zero-order valence-electron chi connectivity index (χ0n) is 13.1.